The molecule has 8 nitrogen and oxygen atoms in total. The van der Waals surface area contributed by atoms with E-state index in [9.17, 15) is 22.4 Å². The van der Waals surface area contributed by atoms with E-state index in [2.05, 4.69) is 5.32 Å². The Balaban J connectivity index is 1.77. The van der Waals surface area contributed by atoms with Crippen LogP contribution in [0.2, 0.25) is 0 Å². The second-order valence-electron chi connectivity index (χ2n) is 7.57. The second-order valence-corrected chi connectivity index (χ2v) is 9.49. The number of hydrogen-bond donors (Lipinski definition) is 1. The van der Waals surface area contributed by atoms with Gasteiger partial charge in [0.15, 0.2) is 0 Å². The van der Waals surface area contributed by atoms with Crippen molar-refractivity contribution in [3.8, 4) is 11.5 Å². The highest BCUT2D eigenvalue weighted by atomic mass is 32.2. The number of ether oxygens (including phenoxy) is 2. The summed E-state index contributed by atoms with van der Waals surface area (Å²) in [6.45, 7) is -0.320. The first kappa shape index (κ1) is 24.0. The van der Waals surface area contributed by atoms with Gasteiger partial charge in [-0.15, -0.1) is 0 Å². The van der Waals surface area contributed by atoms with Crippen molar-refractivity contribution in [2.45, 2.75) is 16.3 Å². The molecular formula is C25H21FN2O6S. The van der Waals surface area contributed by atoms with Crippen molar-refractivity contribution in [2.75, 3.05) is 19.5 Å². The number of halogens is 1. The van der Waals surface area contributed by atoms with E-state index in [1.54, 1.807) is 24.3 Å². The SMILES string of the molecule is COc1ccc(NC(=O)Cn2cc(S(=O)(=O)c3ccc(OC)cc3)c(=O)c3cc(F)ccc32)cc1. The van der Waals surface area contributed by atoms with Gasteiger partial charge in [0.05, 0.1) is 24.6 Å². The molecule has 0 spiro atoms. The van der Waals surface area contributed by atoms with E-state index in [0.29, 0.717) is 17.2 Å². The van der Waals surface area contributed by atoms with E-state index >= 15 is 0 Å². The number of aromatic nitrogens is 1. The van der Waals surface area contributed by atoms with Crippen LogP contribution in [0.1, 0.15) is 0 Å². The predicted molar refractivity (Wildman–Crippen MR) is 128 cm³/mol. The third-order valence-electron chi connectivity index (χ3n) is 5.36. The molecule has 4 aromatic rings. The normalized spacial score (nSPS) is 11.3. The van der Waals surface area contributed by atoms with Crippen LogP contribution in [0, 0.1) is 5.82 Å². The van der Waals surface area contributed by atoms with Gasteiger partial charge in [-0.25, -0.2) is 12.8 Å². The van der Waals surface area contributed by atoms with Gasteiger partial charge in [-0.3, -0.25) is 9.59 Å². The molecule has 3 aromatic carbocycles. The molecule has 1 aromatic heterocycles. The topological polar surface area (TPSA) is 104 Å². The fourth-order valence-electron chi connectivity index (χ4n) is 3.58. The number of nitrogens with one attached hydrogen (secondary N) is 1. The highest BCUT2D eigenvalue weighted by molar-refractivity contribution is 7.91. The molecule has 0 aliphatic carbocycles. The molecule has 1 N–H and O–H groups in total. The van der Waals surface area contributed by atoms with Gasteiger partial charge < -0.3 is 19.4 Å². The van der Waals surface area contributed by atoms with Gasteiger partial charge in [-0.05, 0) is 66.7 Å². The highest BCUT2D eigenvalue weighted by Crippen LogP contribution is 2.24. The van der Waals surface area contributed by atoms with Crippen LogP contribution in [0.4, 0.5) is 10.1 Å². The molecule has 0 saturated carbocycles. The van der Waals surface area contributed by atoms with Gasteiger partial charge in [0.25, 0.3) is 0 Å². The number of hydrogen-bond acceptors (Lipinski definition) is 6. The van der Waals surface area contributed by atoms with Crippen LogP contribution >= 0.6 is 0 Å². The standard InChI is InChI=1S/C25H21FN2O6S/c1-33-18-6-4-17(5-7-18)27-24(29)15-28-14-23(25(30)21-13-16(26)3-12-22(21)28)35(31,32)20-10-8-19(34-2)9-11-20/h3-14H,15H2,1-2H3,(H,27,29). The number of rotatable bonds is 7. The van der Waals surface area contributed by atoms with E-state index in [1.807, 2.05) is 0 Å². The lowest BCUT2D eigenvalue weighted by Gasteiger charge is -2.14. The number of fused-ring (bicyclic) bond motifs is 1. The number of benzene rings is 3. The molecule has 10 heteroatoms. The molecule has 1 heterocycles. The summed E-state index contributed by atoms with van der Waals surface area (Å²) in [5.41, 5.74) is -0.143. The van der Waals surface area contributed by atoms with Crippen molar-refractivity contribution >= 4 is 32.3 Å². The Morgan fingerprint density at radius 3 is 2.14 bits per heavy atom. The Hall–Kier alpha value is -4.18. The number of nitrogens with zero attached hydrogens (tertiary/aromatic N) is 1. The Bertz CT molecular complexity index is 1560. The quantitative estimate of drug-likeness (QED) is 0.419. The molecule has 4 rings (SSSR count). The predicted octanol–water partition coefficient (Wildman–Crippen LogP) is 3.63. The van der Waals surface area contributed by atoms with Gasteiger partial charge >= 0.3 is 0 Å². The Morgan fingerprint density at radius 2 is 1.54 bits per heavy atom. The van der Waals surface area contributed by atoms with E-state index in [4.69, 9.17) is 9.47 Å². The summed E-state index contributed by atoms with van der Waals surface area (Å²) in [5, 5.41) is 2.55. The molecule has 0 unspecified atom stereocenters. The summed E-state index contributed by atoms with van der Waals surface area (Å²) in [7, 11) is -1.32. The van der Waals surface area contributed by atoms with E-state index < -0.39 is 31.9 Å². The third-order valence-corrected chi connectivity index (χ3v) is 7.12. The zero-order chi connectivity index (χ0) is 25.2. The number of sulfone groups is 1. The maximum absolute atomic E-state index is 14.0. The monoisotopic (exact) mass is 496 g/mol. The zero-order valence-electron chi connectivity index (χ0n) is 18.8. The number of methoxy groups -OCH3 is 2. The maximum atomic E-state index is 14.0. The van der Waals surface area contributed by atoms with Crippen molar-refractivity contribution in [1.29, 1.82) is 0 Å². The molecule has 0 atom stereocenters. The largest absolute Gasteiger partial charge is 0.497 e. The first-order valence-electron chi connectivity index (χ1n) is 10.4. The van der Waals surface area contributed by atoms with Crippen LogP contribution in [0.15, 0.2) is 87.5 Å². The Morgan fingerprint density at radius 1 is 0.943 bits per heavy atom. The average molecular weight is 497 g/mol. The third kappa shape index (κ3) is 4.87. The first-order chi connectivity index (χ1) is 16.7. The van der Waals surface area contributed by atoms with Gasteiger partial charge in [0.2, 0.25) is 21.2 Å². The van der Waals surface area contributed by atoms with Crippen LogP contribution in [0.25, 0.3) is 10.9 Å². The van der Waals surface area contributed by atoms with E-state index in [0.717, 1.165) is 18.3 Å². The van der Waals surface area contributed by atoms with Crippen molar-refractivity contribution in [3.63, 3.8) is 0 Å². The van der Waals surface area contributed by atoms with Crippen LogP contribution in [0.5, 0.6) is 11.5 Å². The molecule has 0 fully saturated rings. The molecule has 1 amide bonds. The first-order valence-corrected chi connectivity index (χ1v) is 11.9. The zero-order valence-corrected chi connectivity index (χ0v) is 19.6. The molecule has 0 bridgehead atoms. The van der Waals surface area contributed by atoms with Crippen molar-refractivity contribution < 1.29 is 27.1 Å². The fraction of sp³-hybridized carbons (Fsp3) is 0.120. The van der Waals surface area contributed by atoms with Crippen molar-refractivity contribution in [1.82, 2.24) is 4.57 Å². The Kier molecular flexibility index (Phi) is 6.57. The summed E-state index contributed by atoms with van der Waals surface area (Å²) in [4.78, 5) is 25.2. The summed E-state index contributed by atoms with van der Waals surface area (Å²) in [6, 6.07) is 15.6. The van der Waals surface area contributed by atoms with Gasteiger partial charge in [-0.2, -0.15) is 0 Å². The summed E-state index contributed by atoms with van der Waals surface area (Å²) in [6.07, 6.45) is 1.11. The lowest BCUT2D eigenvalue weighted by molar-refractivity contribution is -0.116. The molecule has 0 aliphatic rings. The number of carbonyl (C=O) groups is 1. The van der Waals surface area contributed by atoms with E-state index in [1.165, 1.54) is 49.1 Å². The molecule has 0 saturated heterocycles. The van der Waals surface area contributed by atoms with Gasteiger partial charge in [0, 0.05) is 17.3 Å². The number of pyridine rings is 1. The highest BCUT2D eigenvalue weighted by Gasteiger charge is 2.24. The second kappa shape index (κ2) is 9.59. The van der Waals surface area contributed by atoms with Crippen LogP contribution < -0.4 is 20.2 Å². The van der Waals surface area contributed by atoms with E-state index in [-0.39, 0.29) is 22.3 Å². The molecule has 0 aliphatic heterocycles. The smallest absolute Gasteiger partial charge is 0.244 e. The lowest BCUT2D eigenvalue weighted by atomic mass is 10.2. The van der Waals surface area contributed by atoms with Crippen LogP contribution in [-0.2, 0) is 21.2 Å². The lowest BCUT2D eigenvalue weighted by Crippen LogP contribution is -2.24. The summed E-state index contributed by atoms with van der Waals surface area (Å²) in [5.74, 6) is -0.123. The Labute approximate surface area is 200 Å². The molecule has 0 radical (unpaired) electrons. The number of carbonyl (C=O) groups excluding carboxylic acids is 1. The molecule has 180 valence electrons. The average Bonchev–Trinajstić information content (AvgIpc) is 2.86. The summed E-state index contributed by atoms with van der Waals surface area (Å²) >= 11 is 0. The molecular weight excluding hydrogens is 475 g/mol. The van der Waals surface area contributed by atoms with Crippen molar-refractivity contribution in [2.24, 2.45) is 0 Å². The summed E-state index contributed by atoms with van der Waals surface area (Å²) < 4.78 is 52.1. The maximum Gasteiger partial charge on any atom is 0.244 e. The minimum absolute atomic E-state index is 0.139. The number of anilines is 1. The minimum atomic E-state index is -4.28. The van der Waals surface area contributed by atoms with Crippen molar-refractivity contribution in [3.05, 3.63) is 89.0 Å². The van der Waals surface area contributed by atoms with Gasteiger partial charge in [-0.1, -0.05) is 0 Å². The number of amides is 1. The van der Waals surface area contributed by atoms with Crippen LogP contribution in [0.3, 0.4) is 0 Å². The minimum Gasteiger partial charge on any atom is -0.497 e. The molecule has 35 heavy (non-hydrogen) atoms. The fourth-order valence-corrected chi connectivity index (χ4v) is 4.95. The van der Waals surface area contributed by atoms with Crippen LogP contribution in [-0.4, -0.2) is 33.1 Å². The van der Waals surface area contributed by atoms with Gasteiger partial charge in [0.1, 0.15) is 28.8 Å².